The van der Waals surface area contributed by atoms with Gasteiger partial charge in [0.15, 0.2) is 0 Å². The van der Waals surface area contributed by atoms with E-state index in [0.717, 1.165) is 17.7 Å². The summed E-state index contributed by atoms with van der Waals surface area (Å²) in [5, 5.41) is 0. The first-order chi connectivity index (χ1) is 7.29. The third-order valence-corrected chi connectivity index (χ3v) is 0.905. The van der Waals surface area contributed by atoms with E-state index in [-0.39, 0.29) is 0 Å². The van der Waals surface area contributed by atoms with Gasteiger partial charge in [0.2, 0.25) is 0 Å². The van der Waals surface area contributed by atoms with Crippen molar-refractivity contribution in [1.82, 2.24) is 0 Å². The van der Waals surface area contributed by atoms with Crippen molar-refractivity contribution in [3.8, 4) is 0 Å². The topological polar surface area (TPSA) is 43.4 Å². The summed E-state index contributed by atoms with van der Waals surface area (Å²) in [4.78, 5) is 19.8. The van der Waals surface area contributed by atoms with Crippen LogP contribution in [0.15, 0.2) is 49.1 Å². The van der Waals surface area contributed by atoms with Gasteiger partial charge in [0.25, 0.3) is 0 Å². The van der Waals surface area contributed by atoms with Crippen molar-refractivity contribution in [2.24, 2.45) is 0 Å². The summed E-state index contributed by atoms with van der Waals surface area (Å²) >= 11 is 0. The molecule has 0 amide bonds. The highest BCUT2D eigenvalue weighted by Crippen LogP contribution is 1.92. The Hall–Kier alpha value is -1.90. The molecule has 0 spiro atoms. The van der Waals surface area contributed by atoms with Crippen molar-refractivity contribution in [3.63, 3.8) is 0 Å². The maximum absolute atomic E-state index is 9.92. The Labute approximate surface area is 96.8 Å². The molecule has 88 valence electrons. The van der Waals surface area contributed by atoms with Crippen LogP contribution in [-0.2, 0) is 14.3 Å². The van der Waals surface area contributed by atoms with E-state index in [1.807, 2.05) is 20.8 Å². The molecule has 1 rings (SSSR count). The fourth-order valence-corrected chi connectivity index (χ4v) is 0.303. The monoisotopic (exact) mass is 222 g/mol. The predicted octanol–water partition coefficient (Wildman–Crippen LogP) is 2.96. The number of hydrogen-bond acceptors (Lipinski definition) is 3. The van der Waals surface area contributed by atoms with Gasteiger partial charge in [-0.2, -0.15) is 0 Å². The maximum atomic E-state index is 9.92. The van der Waals surface area contributed by atoms with Crippen LogP contribution in [0.3, 0.4) is 0 Å². The van der Waals surface area contributed by atoms with Crippen molar-refractivity contribution in [2.75, 3.05) is 0 Å². The van der Waals surface area contributed by atoms with E-state index in [1.165, 1.54) is 5.57 Å². The molecule has 0 N–H and O–H groups in total. The predicted molar refractivity (Wildman–Crippen MR) is 65.7 cm³/mol. The number of carbonyl (C=O) groups is 2. The molecule has 3 heteroatoms. The Morgan fingerprint density at radius 3 is 1.44 bits per heavy atom. The molecule has 1 heterocycles. The van der Waals surface area contributed by atoms with Crippen molar-refractivity contribution in [2.45, 2.75) is 20.8 Å². The van der Waals surface area contributed by atoms with E-state index in [1.54, 1.807) is 6.08 Å². The minimum Gasteiger partial charge on any atom is -0.387 e. The summed E-state index contributed by atoms with van der Waals surface area (Å²) in [6.07, 6.45) is 3.89. The van der Waals surface area contributed by atoms with Gasteiger partial charge in [0, 0.05) is 12.2 Å². The lowest BCUT2D eigenvalue weighted by molar-refractivity contribution is -0.150. The molecule has 0 radical (unpaired) electrons. The zero-order chi connectivity index (χ0) is 13.1. The Balaban J connectivity index is 0. The van der Waals surface area contributed by atoms with E-state index < -0.39 is 11.9 Å². The lowest BCUT2D eigenvalue weighted by atomic mass is 10.4. The Morgan fingerprint density at radius 1 is 1.12 bits per heavy atom. The van der Waals surface area contributed by atoms with E-state index in [2.05, 4.69) is 24.5 Å². The SMILES string of the molecule is C=C(C)C.C=CC(=C)C.O=C1C=CC(=O)O1. The average Bonchev–Trinajstić information content (AvgIpc) is 2.50. The molecule has 1 aliphatic rings. The zero-order valence-electron chi connectivity index (χ0n) is 10.1. The van der Waals surface area contributed by atoms with Crippen LogP contribution in [0.2, 0.25) is 0 Å². The molecule has 0 atom stereocenters. The Bertz CT molecular complexity index is 302. The number of hydrogen-bond donors (Lipinski definition) is 0. The second-order valence-corrected chi connectivity index (χ2v) is 3.33. The highest BCUT2D eigenvalue weighted by atomic mass is 16.6. The molecule has 0 unspecified atom stereocenters. The summed E-state index contributed by atoms with van der Waals surface area (Å²) in [7, 11) is 0. The number of esters is 2. The van der Waals surface area contributed by atoms with Crippen molar-refractivity contribution in [3.05, 3.63) is 49.1 Å². The van der Waals surface area contributed by atoms with Gasteiger partial charge in [-0.05, 0) is 20.8 Å². The zero-order valence-corrected chi connectivity index (χ0v) is 10.1. The van der Waals surface area contributed by atoms with Crippen LogP contribution in [-0.4, -0.2) is 11.9 Å². The average molecular weight is 222 g/mol. The van der Waals surface area contributed by atoms with Crippen LogP contribution >= 0.6 is 0 Å². The van der Waals surface area contributed by atoms with Crippen LogP contribution in [0.5, 0.6) is 0 Å². The molecule has 0 fully saturated rings. The molecule has 0 bridgehead atoms. The number of carbonyl (C=O) groups excluding carboxylic acids is 2. The van der Waals surface area contributed by atoms with Crippen LogP contribution in [0.1, 0.15) is 20.8 Å². The molecule has 0 aromatic rings. The summed E-state index contributed by atoms with van der Waals surface area (Å²) in [6.45, 7) is 16.4. The number of cyclic esters (lactones) is 2. The molecular formula is C13H18O3. The molecule has 0 aromatic heterocycles. The summed E-state index contributed by atoms with van der Waals surface area (Å²) in [5.74, 6) is -1.16. The molecule has 16 heavy (non-hydrogen) atoms. The van der Waals surface area contributed by atoms with Crippen molar-refractivity contribution < 1.29 is 14.3 Å². The van der Waals surface area contributed by atoms with Gasteiger partial charge in [-0.3, -0.25) is 0 Å². The van der Waals surface area contributed by atoms with E-state index in [9.17, 15) is 9.59 Å². The van der Waals surface area contributed by atoms with Crippen LogP contribution in [0.25, 0.3) is 0 Å². The third-order valence-electron chi connectivity index (χ3n) is 0.905. The van der Waals surface area contributed by atoms with Crippen LogP contribution in [0.4, 0.5) is 0 Å². The third kappa shape index (κ3) is 18.0. The lowest BCUT2D eigenvalue weighted by Crippen LogP contribution is -1.96. The first-order valence-corrected chi connectivity index (χ1v) is 4.63. The number of rotatable bonds is 1. The molecule has 0 saturated heterocycles. The largest absolute Gasteiger partial charge is 0.387 e. The van der Waals surface area contributed by atoms with E-state index >= 15 is 0 Å². The smallest absolute Gasteiger partial charge is 0.338 e. The Kier molecular flexibility index (Phi) is 9.96. The molecular weight excluding hydrogens is 204 g/mol. The molecule has 0 aliphatic carbocycles. The Morgan fingerprint density at radius 2 is 1.38 bits per heavy atom. The van der Waals surface area contributed by atoms with Gasteiger partial charge in [0.05, 0.1) is 0 Å². The minimum absolute atomic E-state index is 0.579. The van der Waals surface area contributed by atoms with Gasteiger partial charge in [0.1, 0.15) is 0 Å². The molecule has 1 aliphatic heterocycles. The second-order valence-electron chi connectivity index (χ2n) is 3.33. The van der Waals surface area contributed by atoms with E-state index in [0.29, 0.717) is 0 Å². The fraction of sp³-hybridized carbons (Fsp3) is 0.231. The maximum Gasteiger partial charge on any atom is 0.338 e. The highest BCUT2D eigenvalue weighted by molar-refractivity contribution is 6.04. The van der Waals surface area contributed by atoms with Gasteiger partial charge in [-0.15, -0.1) is 6.58 Å². The summed E-state index contributed by atoms with van der Waals surface area (Å²) in [6, 6.07) is 0. The van der Waals surface area contributed by atoms with Crippen molar-refractivity contribution >= 4 is 11.9 Å². The van der Waals surface area contributed by atoms with Gasteiger partial charge >= 0.3 is 11.9 Å². The van der Waals surface area contributed by atoms with Gasteiger partial charge in [-0.25, -0.2) is 9.59 Å². The quantitative estimate of drug-likeness (QED) is 0.296. The van der Waals surface area contributed by atoms with E-state index in [4.69, 9.17) is 0 Å². The number of allylic oxidation sites excluding steroid dienone is 3. The molecule has 0 saturated carbocycles. The van der Waals surface area contributed by atoms with Crippen molar-refractivity contribution in [1.29, 1.82) is 0 Å². The molecule has 3 nitrogen and oxygen atoms in total. The highest BCUT2D eigenvalue weighted by Gasteiger charge is 2.10. The number of ether oxygens (including phenoxy) is 1. The normalized spacial score (nSPS) is 11.4. The standard InChI is InChI=1S/C5H8.C4H2O3.C4H8/c1-4-5(2)3;5-3-1-2-4(6)7-3;1-4(2)3/h4H,1-2H2,3H3;1-2H;1H2,2-3H3. The summed E-state index contributed by atoms with van der Waals surface area (Å²) in [5.41, 5.74) is 2.19. The first kappa shape index (κ1) is 16.5. The van der Waals surface area contributed by atoms with Gasteiger partial charge < -0.3 is 4.74 Å². The van der Waals surface area contributed by atoms with Crippen LogP contribution < -0.4 is 0 Å². The second kappa shape index (κ2) is 9.65. The van der Waals surface area contributed by atoms with Crippen LogP contribution in [0, 0.1) is 0 Å². The first-order valence-electron chi connectivity index (χ1n) is 4.63. The summed E-state index contributed by atoms with van der Waals surface area (Å²) < 4.78 is 3.97. The minimum atomic E-state index is -0.579. The fourth-order valence-electron chi connectivity index (χ4n) is 0.303. The lowest BCUT2D eigenvalue weighted by Gasteiger charge is -1.80. The van der Waals surface area contributed by atoms with Gasteiger partial charge in [-0.1, -0.05) is 30.4 Å². The molecule has 0 aromatic carbocycles.